The second-order valence-corrected chi connectivity index (χ2v) is 3.96. The summed E-state index contributed by atoms with van der Waals surface area (Å²) in [6.07, 6.45) is 1.49. The highest BCUT2D eigenvalue weighted by Crippen LogP contribution is 2.23. The minimum absolute atomic E-state index is 0.244. The topological polar surface area (TPSA) is 78.1 Å². The third-order valence-electron chi connectivity index (χ3n) is 2.08. The first kappa shape index (κ1) is 10.8. The number of nitrogens with zero attached hydrogens (tertiary/aromatic N) is 2. The lowest BCUT2D eigenvalue weighted by Crippen LogP contribution is -2.04. The maximum Gasteiger partial charge on any atom is 0.356 e. The Balaban J connectivity index is 2.62. The molecule has 0 amide bonds. The SMILES string of the molecule is COC(=O)c1cc2cc(Br)c(N)nc2cn1. The molecule has 0 atom stereocenters. The molecule has 2 N–H and O–H groups in total. The van der Waals surface area contributed by atoms with Gasteiger partial charge in [-0.2, -0.15) is 0 Å². The molecule has 0 aliphatic rings. The summed E-state index contributed by atoms with van der Waals surface area (Å²) < 4.78 is 5.26. The van der Waals surface area contributed by atoms with E-state index in [0.29, 0.717) is 15.8 Å². The number of carbonyl (C=O) groups excluding carboxylic acids is 1. The number of aromatic nitrogens is 2. The van der Waals surface area contributed by atoms with Crippen LogP contribution in [0, 0.1) is 0 Å². The fraction of sp³-hybridized carbons (Fsp3) is 0.100. The average Bonchev–Trinajstić information content (AvgIpc) is 2.29. The molecule has 0 bridgehead atoms. The Morgan fingerprint density at radius 2 is 2.25 bits per heavy atom. The summed E-state index contributed by atoms with van der Waals surface area (Å²) in [7, 11) is 1.31. The number of ether oxygens (including phenoxy) is 1. The van der Waals surface area contributed by atoms with Gasteiger partial charge >= 0.3 is 5.97 Å². The summed E-state index contributed by atoms with van der Waals surface area (Å²) in [5.41, 5.74) is 6.51. The third-order valence-corrected chi connectivity index (χ3v) is 2.71. The number of hydrogen-bond donors (Lipinski definition) is 1. The van der Waals surface area contributed by atoms with Crippen LogP contribution < -0.4 is 5.73 Å². The highest BCUT2D eigenvalue weighted by molar-refractivity contribution is 9.10. The molecule has 0 radical (unpaired) electrons. The third kappa shape index (κ3) is 1.83. The van der Waals surface area contributed by atoms with Gasteiger partial charge in [-0.15, -0.1) is 0 Å². The van der Waals surface area contributed by atoms with Crippen LogP contribution in [0.2, 0.25) is 0 Å². The first-order valence-electron chi connectivity index (χ1n) is 4.42. The van der Waals surface area contributed by atoms with Crippen LogP contribution in [0.5, 0.6) is 0 Å². The smallest absolute Gasteiger partial charge is 0.356 e. The van der Waals surface area contributed by atoms with Crippen molar-refractivity contribution in [2.75, 3.05) is 12.8 Å². The molecule has 0 aromatic carbocycles. The van der Waals surface area contributed by atoms with Gasteiger partial charge in [-0.25, -0.2) is 14.8 Å². The number of methoxy groups -OCH3 is 1. The van der Waals surface area contributed by atoms with E-state index >= 15 is 0 Å². The zero-order valence-corrected chi connectivity index (χ0v) is 9.98. The Bertz CT molecular complexity index is 571. The molecule has 5 nitrogen and oxygen atoms in total. The molecular formula is C10H8BrN3O2. The lowest BCUT2D eigenvalue weighted by Gasteiger charge is -2.03. The number of nitrogens with two attached hydrogens (primary N) is 1. The van der Waals surface area contributed by atoms with E-state index in [1.165, 1.54) is 13.3 Å². The normalized spacial score (nSPS) is 10.4. The fourth-order valence-electron chi connectivity index (χ4n) is 1.28. The van der Waals surface area contributed by atoms with Crippen LogP contribution in [0.1, 0.15) is 10.5 Å². The Hall–Kier alpha value is -1.69. The molecule has 82 valence electrons. The number of carbonyl (C=O) groups is 1. The molecule has 0 spiro atoms. The van der Waals surface area contributed by atoms with Crippen LogP contribution in [0.15, 0.2) is 22.8 Å². The Morgan fingerprint density at radius 3 is 2.94 bits per heavy atom. The van der Waals surface area contributed by atoms with Gasteiger partial charge in [-0.05, 0) is 28.1 Å². The molecule has 0 saturated carbocycles. The van der Waals surface area contributed by atoms with E-state index in [-0.39, 0.29) is 5.69 Å². The fourth-order valence-corrected chi connectivity index (χ4v) is 1.62. The van der Waals surface area contributed by atoms with Crippen molar-refractivity contribution < 1.29 is 9.53 Å². The van der Waals surface area contributed by atoms with Gasteiger partial charge < -0.3 is 10.5 Å². The van der Waals surface area contributed by atoms with E-state index in [4.69, 9.17) is 5.73 Å². The number of hydrogen-bond acceptors (Lipinski definition) is 5. The number of halogens is 1. The van der Waals surface area contributed by atoms with Crippen LogP contribution in [0.4, 0.5) is 5.82 Å². The molecule has 0 saturated heterocycles. The van der Waals surface area contributed by atoms with Gasteiger partial charge in [0, 0.05) is 5.39 Å². The minimum Gasteiger partial charge on any atom is -0.464 e. The molecule has 6 heteroatoms. The number of anilines is 1. The number of esters is 1. The lowest BCUT2D eigenvalue weighted by atomic mass is 10.2. The van der Waals surface area contributed by atoms with Crippen molar-refractivity contribution in [1.29, 1.82) is 0 Å². The van der Waals surface area contributed by atoms with E-state index in [2.05, 4.69) is 30.6 Å². The highest BCUT2D eigenvalue weighted by Gasteiger charge is 2.09. The summed E-state index contributed by atoms with van der Waals surface area (Å²) in [4.78, 5) is 19.3. The summed E-state index contributed by atoms with van der Waals surface area (Å²) in [6, 6.07) is 3.39. The van der Waals surface area contributed by atoms with Crippen LogP contribution in [-0.4, -0.2) is 23.0 Å². The van der Waals surface area contributed by atoms with Crippen molar-refractivity contribution in [3.8, 4) is 0 Å². The number of rotatable bonds is 1. The van der Waals surface area contributed by atoms with Crippen LogP contribution in [0.25, 0.3) is 10.9 Å². The average molecular weight is 282 g/mol. The minimum atomic E-state index is -0.477. The van der Waals surface area contributed by atoms with Gasteiger partial charge in [0.1, 0.15) is 11.5 Å². The highest BCUT2D eigenvalue weighted by atomic mass is 79.9. The van der Waals surface area contributed by atoms with E-state index in [1.807, 2.05) is 0 Å². The first-order valence-corrected chi connectivity index (χ1v) is 5.21. The maximum atomic E-state index is 11.3. The van der Waals surface area contributed by atoms with Gasteiger partial charge in [0.25, 0.3) is 0 Å². The zero-order chi connectivity index (χ0) is 11.7. The Kier molecular flexibility index (Phi) is 2.74. The van der Waals surface area contributed by atoms with Gasteiger partial charge in [0.05, 0.1) is 23.3 Å². The zero-order valence-electron chi connectivity index (χ0n) is 8.40. The molecule has 0 aliphatic heterocycles. The summed E-state index contributed by atoms with van der Waals surface area (Å²) in [6.45, 7) is 0. The molecular weight excluding hydrogens is 274 g/mol. The number of pyridine rings is 2. The molecule has 2 rings (SSSR count). The Labute approximate surface area is 99.8 Å². The maximum absolute atomic E-state index is 11.3. The van der Waals surface area contributed by atoms with Crippen molar-refractivity contribution in [3.05, 3.63) is 28.5 Å². The molecule has 2 heterocycles. The van der Waals surface area contributed by atoms with Crippen molar-refractivity contribution in [2.45, 2.75) is 0 Å². The summed E-state index contributed by atoms with van der Waals surface area (Å²) >= 11 is 3.27. The van der Waals surface area contributed by atoms with Gasteiger partial charge in [0.15, 0.2) is 0 Å². The van der Waals surface area contributed by atoms with Gasteiger partial charge in [-0.1, -0.05) is 0 Å². The predicted octanol–water partition coefficient (Wildman–Crippen LogP) is 1.76. The molecule has 0 unspecified atom stereocenters. The molecule has 0 fully saturated rings. The van der Waals surface area contributed by atoms with Crippen molar-refractivity contribution in [1.82, 2.24) is 9.97 Å². The molecule has 0 aliphatic carbocycles. The van der Waals surface area contributed by atoms with Crippen LogP contribution in [-0.2, 0) is 4.74 Å². The van der Waals surface area contributed by atoms with Crippen molar-refractivity contribution in [2.24, 2.45) is 0 Å². The van der Waals surface area contributed by atoms with Crippen molar-refractivity contribution in [3.63, 3.8) is 0 Å². The molecule has 16 heavy (non-hydrogen) atoms. The molecule has 2 aromatic heterocycles. The van der Waals surface area contributed by atoms with Crippen molar-refractivity contribution >= 4 is 38.6 Å². The largest absolute Gasteiger partial charge is 0.464 e. The standard InChI is InChI=1S/C10H8BrN3O2/c1-16-10(15)7-3-5-2-6(11)9(12)14-8(5)4-13-7/h2-4H,1H3,(H2,12,14). The van der Waals surface area contributed by atoms with Gasteiger partial charge in [0.2, 0.25) is 0 Å². The van der Waals surface area contributed by atoms with E-state index in [9.17, 15) is 4.79 Å². The second-order valence-electron chi connectivity index (χ2n) is 3.11. The van der Waals surface area contributed by atoms with E-state index in [1.54, 1.807) is 12.1 Å². The predicted molar refractivity (Wildman–Crippen MR) is 63.0 cm³/mol. The van der Waals surface area contributed by atoms with E-state index in [0.717, 1.165) is 5.39 Å². The monoisotopic (exact) mass is 281 g/mol. The molecule has 2 aromatic rings. The first-order chi connectivity index (χ1) is 7.61. The lowest BCUT2D eigenvalue weighted by molar-refractivity contribution is 0.0594. The summed E-state index contributed by atoms with van der Waals surface area (Å²) in [5.74, 6) is -0.0880. The van der Waals surface area contributed by atoms with Crippen LogP contribution in [0.3, 0.4) is 0 Å². The quantitative estimate of drug-likeness (QED) is 0.806. The summed E-state index contributed by atoms with van der Waals surface area (Å²) in [5, 5.41) is 0.775. The van der Waals surface area contributed by atoms with Crippen LogP contribution >= 0.6 is 15.9 Å². The number of nitrogen functional groups attached to an aromatic ring is 1. The number of fused-ring (bicyclic) bond motifs is 1. The van der Waals surface area contributed by atoms with Gasteiger partial charge in [-0.3, -0.25) is 0 Å². The Morgan fingerprint density at radius 1 is 1.50 bits per heavy atom. The van der Waals surface area contributed by atoms with E-state index < -0.39 is 5.97 Å². The second kappa shape index (κ2) is 4.05.